The molecule has 0 fully saturated rings. The molecular weight excluding hydrogens is 166 g/mol. The molecule has 8 heavy (non-hydrogen) atoms. The molecule has 0 aliphatic rings. The van der Waals surface area contributed by atoms with Crippen LogP contribution in [-0.4, -0.2) is 6.54 Å². The van der Waals surface area contributed by atoms with Gasteiger partial charge in [-0.1, -0.05) is 20.8 Å². The lowest BCUT2D eigenvalue weighted by atomic mass is 9.93. The molecule has 0 spiro atoms. The Morgan fingerprint density at radius 1 is 1.25 bits per heavy atom. The van der Waals surface area contributed by atoms with E-state index in [1.165, 1.54) is 6.42 Å². The van der Waals surface area contributed by atoms with E-state index in [1.54, 1.807) is 0 Å². The average Bonchev–Trinajstić information content (AvgIpc) is 1.30. The molecule has 52 valence electrons. The van der Waals surface area contributed by atoms with Crippen molar-refractivity contribution in [2.24, 2.45) is 5.41 Å². The minimum atomic E-state index is 0. The summed E-state index contributed by atoms with van der Waals surface area (Å²) in [5.74, 6) is 0. The highest BCUT2D eigenvalue weighted by atomic mass is 79.9. The van der Waals surface area contributed by atoms with Gasteiger partial charge >= 0.3 is 0 Å². The molecule has 0 bridgehead atoms. The fourth-order valence-corrected chi connectivity index (χ4v) is 0.530. The molecule has 0 aliphatic carbocycles. The van der Waals surface area contributed by atoms with Gasteiger partial charge in [0, 0.05) is 6.42 Å². The van der Waals surface area contributed by atoms with Crippen molar-refractivity contribution in [3.05, 3.63) is 0 Å². The van der Waals surface area contributed by atoms with E-state index in [1.807, 2.05) is 0 Å². The maximum absolute atomic E-state index is 3.77. The van der Waals surface area contributed by atoms with Crippen molar-refractivity contribution >= 4 is 0 Å². The second-order valence-electron chi connectivity index (χ2n) is 3.16. The summed E-state index contributed by atoms with van der Waals surface area (Å²) in [7, 11) is 0. The molecular formula is C6H16BrN. The van der Waals surface area contributed by atoms with Crippen LogP contribution < -0.4 is 22.7 Å². The summed E-state index contributed by atoms with van der Waals surface area (Å²) in [4.78, 5) is 0. The third kappa shape index (κ3) is 9.67. The van der Waals surface area contributed by atoms with Crippen molar-refractivity contribution in [2.75, 3.05) is 6.54 Å². The van der Waals surface area contributed by atoms with E-state index in [0.717, 1.165) is 6.54 Å². The van der Waals surface area contributed by atoms with E-state index in [-0.39, 0.29) is 17.0 Å². The van der Waals surface area contributed by atoms with E-state index in [2.05, 4.69) is 26.5 Å². The fraction of sp³-hybridized carbons (Fsp3) is 1.00. The third-order valence-corrected chi connectivity index (χ3v) is 0.927. The molecule has 0 amide bonds. The van der Waals surface area contributed by atoms with Crippen LogP contribution in [0.1, 0.15) is 27.2 Å². The van der Waals surface area contributed by atoms with E-state index >= 15 is 0 Å². The summed E-state index contributed by atoms with van der Waals surface area (Å²) < 4.78 is 0. The van der Waals surface area contributed by atoms with Crippen LogP contribution in [0, 0.1) is 5.41 Å². The maximum Gasteiger partial charge on any atom is 0.0744 e. The van der Waals surface area contributed by atoms with Gasteiger partial charge in [-0.15, -0.1) is 0 Å². The SMILES string of the molecule is CC(C)(C)CC[NH3+].[Br-]. The Morgan fingerprint density at radius 2 is 1.62 bits per heavy atom. The minimum absolute atomic E-state index is 0. The van der Waals surface area contributed by atoms with Gasteiger partial charge in [0.15, 0.2) is 0 Å². The van der Waals surface area contributed by atoms with Gasteiger partial charge in [-0.25, -0.2) is 0 Å². The predicted octanol–water partition coefficient (Wildman–Crippen LogP) is -2.33. The Morgan fingerprint density at radius 3 is 1.62 bits per heavy atom. The van der Waals surface area contributed by atoms with Crippen LogP contribution in [-0.2, 0) is 0 Å². The van der Waals surface area contributed by atoms with Gasteiger partial charge < -0.3 is 22.7 Å². The average molecular weight is 182 g/mol. The molecule has 0 aromatic carbocycles. The summed E-state index contributed by atoms with van der Waals surface area (Å²) in [5.41, 5.74) is 4.26. The Kier molecular flexibility index (Phi) is 6.10. The van der Waals surface area contributed by atoms with Gasteiger partial charge in [0.1, 0.15) is 0 Å². The van der Waals surface area contributed by atoms with E-state index in [0.29, 0.717) is 5.41 Å². The lowest BCUT2D eigenvalue weighted by Gasteiger charge is -2.13. The van der Waals surface area contributed by atoms with Gasteiger partial charge in [-0.05, 0) is 5.41 Å². The van der Waals surface area contributed by atoms with Gasteiger partial charge in [-0.3, -0.25) is 0 Å². The highest BCUT2D eigenvalue weighted by Gasteiger charge is 2.07. The number of halogens is 1. The van der Waals surface area contributed by atoms with Crippen LogP contribution in [0.4, 0.5) is 0 Å². The molecule has 0 aromatic heterocycles. The molecule has 0 radical (unpaired) electrons. The predicted molar refractivity (Wildman–Crippen MR) is 31.8 cm³/mol. The van der Waals surface area contributed by atoms with Gasteiger partial charge in [-0.2, -0.15) is 0 Å². The summed E-state index contributed by atoms with van der Waals surface area (Å²) in [5, 5.41) is 0. The molecule has 0 aliphatic heterocycles. The van der Waals surface area contributed by atoms with Crippen LogP contribution in [0.15, 0.2) is 0 Å². The molecule has 3 N–H and O–H groups in total. The minimum Gasteiger partial charge on any atom is -1.00 e. The standard InChI is InChI=1S/C6H15N.BrH/c1-6(2,3)4-5-7;/h4-5,7H2,1-3H3;1H. The monoisotopic (exact) mass is 181 g/mol. The first-order valence-electron chi connectivity index (χ1n) is 2.85. The molecule has 0 saturated heterocycles. The van der Waals surface area contributed by atoms with Crippen LogP contribution in [0.25, 0.3) is 0 Å². The molecule has 2 heteroatoms. The van der Waals surface area contributed by atoms with Crippen molar-refractivity contribution in [3.63, 3.8) is 0 Å². The maximum atomic E-state index is 3.77. The zero-order chi connectivity index (χ0) is 5.91. The van der Waals surface area contributed by atoms with Crippen LogP contribution >= 0.6 is 0 Å². The molecule has 0 aromatic rings. The molecule has 0 unspecified atom stereocenters. The van der Waals surface area contributed by atoms with Crippen molar-refractivity contribution < 1.29 is 22.7 Å². The van der Waals surface area contributed by atoms with Gasteiger partial charge in [0.25, 0.3) is 0 Å². The van der Waals surface area contributed by atoms with Crippen molar-refractivity contribution in [1.82, 2.24) is 0 Å². The largest absolute Gasteiger partial charge is 1.00 e. The second-order valence-corrected chi connectivity index (χ2v) is 3.16. The Balaban J connectivity index is 0. The molecule has 0 saturated carbocycles. The fourth-order valence-electron chi connectivity index (χ4n) is 0.530. The highest BCUT2D eigenvalue weighted by molar-refractivity contribution is 4.58. The lowest BCUT2D eigenvalue weighted by Crippen LogP contribution is -3.00. The first-order valence-corrected chi connectivity index (χ1v) is 2.85. The summed E-state index contributed by atoms with van der Waals surface area (Å²) in [6.07, 6.45) is 1.23. The smallest absolute Gasteiger partial charge is 0.0744 e. The first kappa shape index (κ1) is 11.3. The molecule has 1 nitrogen and oxygen atoms in total. The van der Waals surface area contributed by atoms with Crippen molar-refractivity contribution in [3.8, 4) is 0 Å². The summed E-state index contributed by atoms with van der Waals surface area (Å²) >= 11 is 0. The highest BCUT2D eigenvalue weighted by Crippen LogP contribution is 2.15. The number of rotatable bonds is 1. The molecule has 0 rings (SSSR count). The molecule has 0 atom stereocenters. The van der Waals surface area contributed by atoms with Crippen molar-refractivity contribution in [2.45, 2.75) is 27.2 Å². The van der Waals surface area contributed by atoms with Gasteiger partial charge in [0.05, 0.1) is 6.54 Å². The van der Waals surface area contributed by atoms with E-state index in [9.17, 15) is 0 Å². The lowest BCUT2D eigenvalue weighted by molar-refractivity contribution is -0.371. The zero-order valence-electron chi connectivity index (χ0n) is 6.00. The van der Waals surface area contributed by atoms with Crippen LogP contribution in [0.3, 0.4) is 0 Å². The Labute approximate surface area is 62.4 Å². The van der Waals surface area contributed by atoms with Crippen LogP contribution in [0.2, 0.25) is 0 Å². The number of quaternary nitrogens is 1. The summed E-state index contributed by atoms with van der Waals surface area (Å²) in [6, 6.07) is 0. The van der Waals surface area contributed by atoms with Gasteiger partial charge in [0.2, 0.25) is 0 Å². The number of hydrogen-bond acceptors (Lipinski definition) is 0. The second kappa shape index (κ2) is 4.33. The van der Waals surface area contributed by atoms with E-state index < -0.39 is 0 Å². The van der Waals surface area contributed by atoms with Crippen molar-refractivity contribution in [1.29, 1.82) is 0 Å². The topological polar surface area (TPSA) is 27.6 Å². The first-order chi connectivity index (χ1) is 3.06. The van der Waals surface area contributed by atoms with Crippen LogP contribution in [0.5, 0.6) is 0 Å². The zero-order valence-corrected chi connectivity index (χ0v) is 7.59. The third-order valence-electron chi connectivity index (χ3n) is 0.927. The molecule has 0 heterocycles. The Bertz CT molecular complexity index is 47.0. The number of hydrogen-bond donors (Lipinski definition) is 1. The quantitative estimate of drug-likeness (QED) is 0.471. The summed E-state index contributed by atoms with van der Waals surface area (Å²) in [6.45, 7) is 7.76. The van der Waals surface area contributed by atoms with E-state index in [4.69, 9.17) is 0 Å². The Hall–Kier alpha value is 0.440. The normalized spacial score (nSPS) is 10.5.